The summed E-state index contributed by atoms with van der Waals surface area (Å²) in [5.41, 5.74) is 1.24. The van der Waals surface area contributed by atoms with Crippen molar-refractivity contribution in [1.29, 1.82) is 0 Å². The van der Waals surface area contributed by atoms with Gasteiger partial charge < -0.3 is 5.32 Å². The number of hydrogen-bond acceptors (Lipinski definition) is 1. The van der Waals surface area contributed by atoms with E-state index in [2.05, 4.69) is 18.3 Å². The molecule has 1 nitrogen and oxygen atoms in total. The monoisotopic (exact) mass is 299 g/mol. The first-order chi connectivity index (χ1) is 9.20. The Morgan fingerprint density at radius 3 is 2.53 bits per heavy atom. The average molecular weight is 300 g/mol. The molecule has 106 valence electrons. The predicted molar refractivity (Wildman–Crippen MR) is 84.1 cm³/mol. The van der Waals surface area contributed by atoms with Crippen LogP contribution in [-0.4, -0.2) is 6.54 Å². The van der Waals surface area contributed by atoms with Crippen molar-refractivity contribution in [3.63, 3.8) is 0 Å². The van der Waals surface area contributed by atoms with Gasteiger partial charge in [0.15, 0.2) is 0 Å². The summed E-state index contributed by atoms with van der Waals surface area (Å²) in [7, 11) is 0. The highest BCUT2D eigenvalue weighted by Gasteiger charge is 2.16. The van der Waals surface area contributed by atoms with Crippen LogP contribution >= 0.6 is 23.2 Å². The fourth-order valence-electron chi connectivity index (χ4n) is 2.93. The van der Waals surface area contributed by atoms with E-state index in [4.69, 9.17) is 23.2 Å². The average Bonchev–Trinajstić information content (AvgIpc) is 2.44. The lowest BCUT2D eigenvalue weighted by atomic mass is 9.89. The minimum absolute atomic E-state index is 0.386. The third-order valence-electron chi connectivity index (χ3n) is 4.13. The molecule has 0 heterocycles. The summed E-state index contributed by atoms with van der Waals surface area (Å²) < 4.78 is 0. The molecule has 1 saturated carbocycles. The molecule has 2 rings (SSSR count). The van der Waals surface area contributed by atoms with Crippen LogP contribution in [0.15, 0.2) is 18.2 Å². The second-order valence-corrected chi connectivity index (χ2v) is 6.36. The summed E-state index contributed by atoms with van der Waals surface area (Å²) in [5, 5.41) is 4.98. The topological polar surface area (TPSA) is 12.0 Å². The zero-order valence-corrected chi connectivity index (χ0v) is 13.1. The van der Waals surface area contributed by atoms with Gasteiger partial charge in [-0.3, -0.25) is 0 Å². The van der Waals surface area contributed by atoms with E-state index in [1.54, 1.807) is 0 Å². The Labute approximate surface area is 126 Å². The number of benzene rings is 1. The molecule has 1 aliphatic rings. The number of halogens is 2. The van der Waals surface area contributed by atoms with Gasteiger partial charge in [-0.15, -0.1) is 0 Å². The maximum absolute atomic E-state index is 6.10. The Morgan fingerprint density at radius 2 is 1.89 bits per heavy atom. The fraction of sp³-hybridized carbons (Fsp3) is 0.625. The van der Waals surface area contributed by atoms with Gasteiger partial charge in [-0.25, -0.2) is 0 Å². The quantitative estimate of drug-likeness (QED) is 0.744. The smallest absolute Gasteiger partial charge is 0.0595 e. The summed E-state index contributed by atoms with van der Waals surface area (Å²) in [4.78, 5) is 0. The first-order valence-corrected chi connectivity index (χ1v) is 8.14. The van der Waals surface area contributed by atoms with Crippen LogP contribution in [-0.2, 0) is 0 Å². The molecule has 0 spiro atoms. The Bertz CT molecular complexity index is 400. The maximum atomic E-state index is 6.10. The molecule has 3 heteroatoms. The molecule has 0 amide bonds. The van der Waals surface area contributed by atoms with E-state index in [1.807, 2.05) is 12.1 Å². The molecule has 1 atom stereocenters. The molecule has 0 bridgehead atoms. The van der Waals surface area contributed by atoms with Gasteiger partial charge in [0, 0.05) is 6.04 Å². The van der Waals surface area contributed by atoms with Crippen LogP contribution in [0.5, 0.6) is 0 Å². The fourth-order valence-corrected chi connectivity index (χ4v) is 3.23. The van der Waals surface area contributed by atoms with E-state index in [1.165, 1.54) is 37.7 Å². The third kappa shape index (κ3) is 4.37. The van der Waals surface area contributed by atoms with Gasteiger partial charge in [-0.05, 0) is 49.4 Å². The number of hydrogen-bond donors (Lipinski definition) is 1. The van der Waals surface area contributed by atoms with Crippen molar-refractivity contribution in [2.24, 2.45) is 5.92 Å². The Morgan fingerprint density at radius 1 is 1.16 bits per heavy atom. The maximum Gasteiger partial charge on any atom is 0.0595 e. The molecule has 0 radical (unpaired) electrons. The molecular formula is C16H23Cl2N. The zero-order valence-electron chi connectivity index (χ0n) is 11.6. The molecule has 0 saturated heterocycles. The third-order valence-corrected chi connectivity index (χ3v) is 4.87. The number of nitrogens with one attached hydrogen (secondary N) is 1. The molecule has 0 aliphatic heterocycles. The van der Waals surface area contributed by atoms with Crippen LogP contribution in [0.4, 0.5) is 0 Å². The standard InChI is InChI=1S/C16H23Cl2N/c1-2-16(13-8-9-14(17)15(18)10-13)19-11-12-6-4-3-5-7-12/h8-10,12,16,19H,2-7,11H2,1H3. The van der Waals surface area contributed by atoms with Crippen molar-refractivity contribution in [1.82, 2.24) is 5.32 Å². The Kier molecular flexibility index (Phi) is 6.00. The van der Waals surface area contributed by atoms with Crippen LogP contribution in [0, 0.1) is 5.92 Å². The SMILES string of the molecule is CCC(NCC1CCCCC1)c1ccc(Cl)c(Cl)c1. The molecule has 1 aromatic carbocycles. The highest BCUT2D eigenvalue weighted by atomic mass is 35.5. The molecule has 1 unspecified atom stereocenters. The van der Waals surface area contributed by atoms with E-state index >= 15 is 0 Å². The molecule has 1 aromatic rings. The normalized spacial score (nSPS) is 18.5. The van der Waals surface area contributed by atoms with E-state index in [-0.39, 0.29) is 0 Å². The molecule has 1 N–H and O–H groups in total. The van der Waals surface area contributed by atoms with Gasteiger partial charge in [-0.2, -0.15) is 0 Å². The highest BCUT2D eigenvalue weighted by molar-refractivity contribution is 6.42. The first-order valence-electron chi connectivity index (χ1n) is 7.39. The van der Waals surface area contributed by atoms with Crippen LogP contribution in [0.1, 0.15) is 57.1 Å². The highest BCUT2D eigenvalue weighted by Crippen LogP contribution is 2.28. The molecule has 19 heavy (non-hydrogen) atoms. The van der Waals surface area contributed by atoms with Gasteiger partial charge >= 0.3 is 0 Å². The first kappa shape index (κ1) is 15.2. The van der Waals surface area contributed by atoms with E-state index in [0.717, 1.165) is 18.9 Å². The number of rotatable bonds is 5. The Balaban J connectivity index is 1.93. The van der Waals surface area contributed by atoms with Crippen LogP contribution in [0.3, 0.4) is 0 Å². The largest absolute Gasteiger partial charge is 0.310 e. The van der Waals surface area contributed by atoms with Crippen molar-refractivity contribution in [2.75, 3.05) is 6.54 Å². The van der Waals surface area contributed by atoms with Crippen LogP contribution < -0.4 is 5.32 Å². The summed E-state index contributed by atoms with van der Waals surface area (Å²) in [5.74, 6) is 0.852. The minimum Gasteiger partial charge on any atom is -0.310 e. The van der Waals surface area contributed by atoms with E-state index in [9.17, 15) is 0 Å². The second-order valence-electron chi connectivity index (χ2n) is 5.55. The van der Waals surface area contributed by atoms with Gasteiger partial charge in [0.2, 0.25) is 0 Å². The van der Waals surface area contributed by atoms with Crippen molar-refractivity contribution in [3.05, 3.63) is 33.8 Å². The molecule has 1 fully saturated rings. The summed E-state index contributed by atoms with van der Waals surface area (Å²) in [6.45, 7) is 3.33. The molecule has 1 aliphatic carbocycles. The summed E-state index contributed by atoms with van der Waals surface area (Å²) in [6.07, 6.45) is 8.05. The van der Waals surface area contributed by atoms with Crippen LogP contribution in [0.25, 0.3) is 0 Å². The predicted octanol–water partition coefficient (Wildman–Crippen LogP) is 5.61. The lowest BCUT2D eigenvalue weighted by molar-refractivity contribution is 0.326. The summed E-state index contributed by atoms with van der Waals surface area (Å²) in [6, 6.07) is 6.35. The van der Waals surface area contributed by atoms with Crippen molar-refractivity contribution in [3.8, 4) is 0 Å². The van der Waals surface area contributed by atoms with E-state index in [0.29, 0.717) is 16.1 Å². The lowest BCUT2D eigenvalue weighted by Crippen LogP contribution is -2.28. The van der Waals surface area contributed by atoms with Crippen molar-refractivity contribution >= 4 is 23.2 Å². The van der Waals surface area contributed by atoms with Gasteiger partial charge in [0.25, 0.3) is 0 Å². The summed E-state index contributed by atoms with van der Waals surface area (Å²) >= 11 is 12.1. The zero-order chi connectivity index (χ0) is 13.7. The second kappa shape index (κ2) is 7.52. The lowest BCUT2D eigenvalue weighted by Gasteiger charge is -2.25. The van der Waals surface area contributed by atoms with Crippen molar-refractivity contribution < 1.29 is 0 Å². The van der Waals surface area contributed by atoms with Crippen molar-refractivity contribution in [2.45, 2.75) is 51.5 Å². The minimum atomic E-state index is 0.386. The van der Waals surface area contributed by atoms with E-state index < -0.39 is 0 Å². The molecular weight excluding hydrogens is 277 g/mol. The van der Waals surface area contributed by atoms with Gasteiger partial charge in [-0.1, -0.05) is 55.5 Å². The van der Waals surface area contributed by atoms with Gasteiger partial charge in [0.1, 0.15) is 0 Å². The molecule has 0 aromatic heterocycles. The Hall–Kier alpha value is -0.240. The van der Waals surface area contributed by atoms with Gasteiger partial charge in [0.05, 0.1) is 10.0 Å². The van der Waals surface area contributed by atoms with Crippen LogP contribution in [0.2, 0.25) is 10.0 Å².